The number of halogens is 1. The Morgan fingerprint density at radius 3 is 2.85 bits per heavy atom. The fourth-order valence-corrected chi connectivity index (χ4v) is 1.81. The molecule has 72 valence electrons. The molecule has 1 aromatic rings. The summed E-state index contributed by atoms with van der Waals surface area (Å²) in [5.74, 6) is 1.84. The third-order valence-corrected chi connectivity index (χ3v) is 2.97. The van der Waals surface area contributed by atoms with Gasteiger partial charge in [-0.25, -0.2) is 0 Å². The van der Waals surface area contributed by atoms with E-state index in [1.807, 2.05) is 12.1 Å². The van der Waals surface area contributed by atoms with Crippen LogP contribution in [0.1, 0.15) is 37.5 Å². The SMILES string of the molecule is NC(CCC1CC1)c1ccc(Br)o1. The van der Waals surface area contributed by atoms with Crippen LogP contribution >= 0.6 is 15.9 Å². The molecular weight excluding hydrogens is 230 g/mol. The molecule has 0 bridgehead atoms. The first-order valence-electron chi connectivity index (χ1n) is 4.76. The van der Waals surface area contributed by atoms with E-state index < -0.39 is 0 Å². The quantitative estimate of drug-likeness (QED) is 0.883. The molecule has 0 aliphatic heterocycles. The molecule has 2 N–H and O–H groups in total. The van der Waals surface area contributed by atoms with Crippen molar-refractivity contribution in [1.29, 1.82) is 0 Å². The van der Waals surface area contributed by atoms with Gasteiger partial charge in [-0.2, -0.15) is 0 Å². The normalized spacial score (nSPS) is 18.9. The lowest BCUT2D eigenvalue weighted by molar-refractivity contribution is 0.426. The maximum atomic E-state index is 5.97. The highest BCUT2D eigenvalue weighted by Crippen LogP contribution is 2.35. The van der Waals surface area contributed by atoms with Crippen molar-refractivity contribution in [2.45, 2.75) is 31.7 Å². The van der Waals surface area contributed by atoms with Crippen molar-refractivity contribution in [1.82, 2.24) is 0 Å². The van der Waals surface area contributed by atoms with Crippen LogP contribution in [0.25, 0.3) is 0 Å². The number of furan rings is 1. The van der Waals surface area contributed by atoms with Gasteiger partial charge in [0.15, 0.2) is 4.67 Å². The average Bonchev–Trinajstić information content (AvgIpc) is 2.84. The summed E-state index contributed by atoms with van der Waals surface area (Å²) >= 11 is 3.27. The maximum absolute atomic E-state index is 5.97. The van der Waals surface area contributed by atoms with Gasteiger partial charge in [-0.3, -0.25) is 0 Å². The predicted molar refractivity (Wildman–Crippen MR) is 55.3 cm³/mol. The van der Waals surface area contributed by atoms with Crippen LogP contribution in [0.3, 0.4) is 0 Å². The van der Waals surface area contributed by atoms with Gasteiger partial charge in [0.2, 0.25) is 0 Å². The van der Waals surface area contributed by atoms with E-state index in [0.717, 1.165) is 22.8 Å². The molecule has 1 unspecified atom stereocenters. The molecule has 1 fully saturated rings. The van der Waals surface area contributed by atoms with E-state index >= 15 is 0 Å². The first-order valence-corrected chi connectivity index (χ1v) is 5.56. The molecule has 3 heteroatoms. The summed E-state index contributed by atoms with van der Waals surface area (Å²) in [6.07, 6.45) is 5.09. The molecule has 1 saturated carbocycles. The zero-order valence-electron chi connectivity index (χ0n) is 7.50. The minimum absolute atomic E-state index is 0.0758. The van der Waals surface area contributed by atoms with Crippen molar-refractivity contribution in [3.8, 4) is 0 Å². The molecule has 2 nitrogen and oxygen atoms in total. The molecule has 0 saturated heterocycles. The van der Waals surface area contributed by atoms with Crippen molar-refractivity contribution in [3.05, 3.63) is 22.6 Å². The summed E-state index contributed by atoms with van der Waals surface area (Å²) in [5.41, 5.74) is 5.97. The standard InChI is InChI=1S/C10H14BrNO/c11-10-6-5-9(13-10)8(12)4-3-7-1-2-7/h5-8H,1-4,12H2. The first-order chi connectivity index (χ1) is 6.25. The molecule has 1 heterocycles. The van der Waals surface area contributed by atoms with E-state index in [4.69, 9.17) is 10.2 Å². The van der Waals surface area contributed by atoms with Crippen LogP contribution in [-0.4, -0.2) is 0 Å². The van der Waals surface area contributed by atoms with Crippen LogP contribution in [0, 0.1) is 5.92 Å². The van der Waals surface area contributed by atoms with Gasteiger partial charge in [-0.05, 0) is 46.8 Å². The number of hydrogen-bond acceptors (Lipinski definition) is 2. The van der Waals surface area contributed by atoms with E-state index in [-0.39, 0.29) is 6.04 Å². The Bertz CT molecular complexity index is 280. The van der Waals surface area contributed by atoms with Crippen LogP contribution in [0.5, 0.6) is 0 Å². The van der Waals surface area contributed by atoms with E-state index in [1.165, 1.54) is 19.3 Å². The highest BCUT2D eigenvalue weighted by atomic mass is 79.9. The number of rotatable bonds is 4. The third-order valence-electron chi connectivity index (χ3n) is 2.54. The lowest BCUT2D eigenvalue weighted by Crippen LogP contribution is -2.09. The minimum Gasteiger partial charge on any atom is -0.453 e. The third kappa shape index (κ3) is 2.58. The summed E-state index contributed by atoms with van der Waals surface area (Å²) in [6.45, 7) is 0. The molecule has 13 heavy (non-hydrogen) atoms. The highest BCUT2D eigenvalue weighted by molar-refractivity contribution is 9.10. The fraction of sp³-hybridized carbons (Fsp3) is 0.600. The lowest BCUT2D eigenvalue weighted by Gasteiger charge is -2.06. The van der Waals surface area contributed by atoms with Gasteiger partial charge in [-0.15, -0.1) is 0 Å². The molecule has 1 aromatic heterocycles. The van der Waals surface area contributed by atoms with E-state index in [1.54, 1.807) is 0 Å². The van der Waals surface area contributed by atoms with Crippen LogP contribution in [0.2, 0.25) is 0 Å². The highest BCUT2D eigenvalue weighted by Gasteiger charge is 2.22. The average molecular weight is 244 g/mol. The lowest BCUT2D eigenvalue weighted by atomic mass is 10.1. The summed E-state index contributed by atoms with van der Waals surface area (Å²) in [5, 5.41) is 0. The van der Waals surface area contributed by atoms with Gasteiger partial charge in [0, 0.05) is 0 Å². The van der Waals surface area contributed by atoms with Crippen LogP contribution in [0.4, 0.5) is 0 Å². The Hall–Kier alpha value is -0.280. The molecule has 1 aliphatic carbocycles. The summed E-state index contributed by atoms with van der Waals surface area (Å²) in [7, 11) is 0. The Kier molecular flexibility index (Phi) is 2.74. The Morgan fingerprint density at radius 2 is 2.31 bits per heavy atom. The minimum atomic E-state index is 0.0758. The second kappa shape index (κ2) is 3.84. The van der Waals surface area contributed by atoms with Gasteiger partial charge >= 0.3 is 0 Å². The van der Waals surface area contributed by atoms with Gasteiger partial charge < -0.3 is 10.2 Å². The summed E-state index contributed by atoms with van der Waals surface area (Å²) < 4.78 is 6.16. The van der Waals surface area contributed by atoms with Gasteiger partial charge in [0.25, 0.3) is 0 Å². The topological polar surface area (TPSA) is 39.2 Å². The second-order valence-corrected chi connectivity index (χ2v) is 4.55. The molecule has 0 amide bonds. The molecule has 1 atom stereocenters. The van der Waals surface area contributed by atoms with Crippen LogP contribution in [0.15, 0.2) is 21.2 Å². The molecule has 1 aliphatic rings. The van der Waals surface area contributed by atoms with E-state index in [2.05, 4.69) is 15.9 Å². The first kappa shape index (κ1) is 9.28. The maximum Gasteiger partial charge on any atom is 0.169 e. The van der Waals surface area contributed by atoms with Gasteiger partial charge in [-0.1, -0.05) is 12.8 Å². The van der Waals surface area contributed by atoms with Crippen molar-refractivity contribution in [3.63, 3.8) is 0 Å². The second-order valence-electron chi connectivity index (χ2n) is 3.77. The van der Waals surface area contributed by atoms with E-state index in [9.17, 15) is 0 Å². The summed E-state index contributed by atoms with van der Waals surface area (Å²) in [6, 6.07) is 3.92. The molecule has 0 radical (unpaired) electrons. The Morgan fingerprint density at radius 1 is 1.54 bits per heavy atom. The zero-order chi connectivity index (χ0) is 9.26. The number of hydrogen-bond donors (Lipinski definition) is 1. The fourth-order valence-electron chi connectivity index (χ4n) is 1.49. The molecular formula is C10H14BrNO. The summed E-state index contributed by atoms with van der Waals surface area (Å²) in [4.78, 5) is 0. The Balaban J connectivity index is 1.84. The Labute approximate surface area is 86.6 Å². The van der Waals surface area contributed by atoms with Gasteiger partial charge in [0.05, 0.1) is 6.04 Å². The monoisotopic (exact) mass is 243 g/mol. The zero-order valence-corrected chi connectivity index (χ0v) is 9.09. The van der Waals surface area contributed by atoms with Crippen molar-refractivity contribution < 1.29 is 4.42 Å². The largest absolute Gasteiger partial charge is 0.453 e. The van der Waals surface area contributed by atoms with Crippen LogP contribution in [-0.2, 0) is 0 Å². The van der Waals surface area contributed by atoms with E-state index in [0.29, 0.717) is 0 Å². The smallest absolute Gasteiger partial charge is 0.169 e. The molecule has 0 aromatic carbocycles. The predicted octanol–water partition coefficient (Wildman–Crippen LogP) is 3.23. The number of nitrogens with two attached hydrogens (primary N) is 1. The van der Waals surface area contributed by atoms with Crippen molar-refractivity contribution >= 4 is 15.9 Å². The van der Waals surface area contributed by atoms with Crippen molar-refractivity contribution in [2.75, 3.05) is 0 Å². The molecule has 2 rings (SSSR count). The van der Waals surface area contributed by atoms with Gasteiger partial charge in [0.1, 0.15) is 5.76 Å². The van der Waals surface area contributed by atoms with Crippen LogP contribution < -0.4 is 5.73 Å². The van der Waals surface area contributed by atoms with Crippen molar-refractivity contribution in [2.24, 2.45) is 11.7 Å². The molecule has 0 spiro atoms.